The monoisotopic (exact) mass is 362 g/mol. The summed E-state index contributed by atoms with van der Waals surface area (Å²) in [5.74, 6) is 0.890. The van der Waals surface area contributed by atoms with Gasteiger partial charge in [-0.25, -0.2) is 4.99 Å². The van der Waals surface area contributed by atoms with Crippen LogP contribution >= 0.6 is 11.3 Å². The van der Waals surface area contributed by atoms with E-state index in [1.165, 1.54) is 11.3 Å². The maximum absolute atomic E-state index is 13.2. The third-order valence-corrected chi connectivity index (χ3v) is 6.39. The van der Waals surface area contributed by atoms with Gasteiger partial charge in [-0.2, -0.15) is 0 Å². The SMILES string of the molecule is CC1C2c3ccccc3OC1(C)N=c1sc(=Cc3ccccc3)c(=O)n12. The van der Waals surface area contributed by atoms with Crippen LogP contribution in [0.4, 0.5) is 0 Å². The lowest BCUT2D eigenvalue weighted by molar-refractivity contribution is -0.0121. The number of fused-ring (bicyclic) bond motifs is 6. The number of benzene rings is 2. The van der Waals surface area contributed by atoms with Crippen LogP contribution in [0.15, 0.2) is 64.4 Å². The molecule has 3 unspecified atom stereocenters. The zero-order valence-electron chi connectivity index (χ0n) is 14.5. The first-order chi connectivity index (χ1) is 12.6. The van der Waals surface area contributed by atoms with Crippen molar-refractivity contribution in [3.63, 3.8) is 0 Å². The van der Waals surface area contributed by atoms with E-state index in [2.05, 4.69) is 13.0 Å². The molecule has 3 atom stereocenters. The maximum atomic E-state index is 13.2. The Morgan fingerprint density at radius 2 is 1.88 bits per heavy atom. The summed E-state index contributed by atoms with van der Waals surface area (Å²) >= 11 is 1.44. The van der Waals surface area contributed by atoms with Crippen molar-refractivity contribution in [2.24, 2.45) is 10.9 Å². The molecule has 26 heavy (non-hydrogen) atoms. The van der Waals surface area contributed by atoms with Crippen molar-refractivity contribution in [1.29, 1.82) is 0 Å². The molecular formula is C21H18N2O2S. The summed E-state index contributed by atoms with van der Waals surface area (Å²) in [6.45, 7) is 4.12. The van der Waals surface area contributed by atoms with E-state index >= 15 is 0 Å². The molecule has 3 heterocycles. The Labute approximate surface area is 154 Å². The summed E-state index contributed by atoms with van der Waals surface area (Å²) in [5, 5.41) is 0. The van der Waals surface area contributed by atoms with E-state index in [1.54, 1.807) is 0 Å². The Hall–Kier alpha value is -2.66. The van der Waals surface area contributed by atoms with E-state index in [1.807, 2.05) is 66.1 Å². The first kappa shape index (κ1) is 15.6. The molecule has 2 aliphatic rings. The highest BCUT2D eigenvalue weighted by Gasteiger charge is 2.48. The van der Waals surface area contributed by atoms with Crippen LogP contribution in [0.1, 0.15) is 31.0 Å². The molecule has 0 aliphatic carbocycles. The van der Waals surface area contributed by atoms with Gasteiger partial charge in [-0.3, -0.25) is 9.36 Å². The number of hydrogen-bond acceptors (Lipinski definition) is 4. The lowest BCUT2D eigenvalue weighted by Gasteiger charge is -2.45. The Bertz CT molecular complexity index is 1180. The summed E-state index contributed by atoms with van der Waals surface area (Å²) in [5.41, 5.74) is 1.44. The number of aromatic nitrogens is 1. The molecule has 4 nitrogen and oxygen atoms in total. The number of ether oxygens (including phenoxy) is 1. The molecule has 0 fully saturated rings. The molecule has 1 aromatic heterocycles. The van der Waals surface area contributed by atoms with Gasteiger partial charge in [0.15, 0.2) is 4.80 Å². The lowest BCUT2D eigenvalue weighted by atomic mass is 9.83. The fraction of sp³-hybridized carbons (Fsp3) is 0.238. The average molecular weight is 362 g/mol. The normalized spacial score (nSPS) is 26.5. The van der Waals surface area contributed by atoms with Crippen molar-refractivity contribution in [2.45, 2.75) is 25.6 Å². The van der Waals surface area contributed by atoms with Crippen LogP contribution in [-0.4, -0.2) is 10.3 Å². The van der Waals surface area contributed by atoms with E-state index < -0.39 is 5.72 Å². The third-order valence-electron chi connectivity index (χ3n) is 5.40. The van der Waals surface area contributed by atoms with Gasteiger partial charge in [-0.05, 0) is 24.6 Å². The predicted octanol–water partition coefficient (Wildman–Crippen LogP) is 2.71. The summed E-state index contributed by atoms with van der Waals surface area (Å²) < 4.78 is 8.80. The third kappa shape index (κ3) is 2.13. The predicted molar refractivity (Wildman–Crippen MR) is 102 cm³/mol. The highest BCUT2D eigenvalue weighted by molar-refractivity contribution is 7.07. The number of rotatable bonds is 1. The molecule has 0 saturated heterocycles. The zero-order valence-corrected chi connectivity index (χ0v) is 15.4. The van der Waals surface area contributed by atoms with Crippen LogP contribution in [-0.2, 0) is 0 Å². The smallest absolute Gasteiger partial charge is 0.270 e. The van der Waals surface area contributed by atoms with Crippen LogP contribution in [0.25, 0.3) is 6.08 Å². The van der Waals surface area contributed by atoms with Crippen molar-refractivity contribution >= 4 is 17.4 Å². The largest absolute Gasteiger partial charge is 0.466 e. The van der Waals surface area contributed by atoms with Crippen molar-refractivity contribution < 1.29 is 4.74 Å². The van der Waals surface area contributed by atoms with Gasteiger partial charge in [0.2, 0.25) is 5.72 Å². The molecule has 5 rings (SSSR count). The van der Waals surface area contributed by atoms with Crippen molar-refractivity contribution in [1.82, 2.24) is 4.57 Å². The summed E-state index contributed by atoms with van der Waals surface area (Å²) in [6, 6.07) is 17.8. The standard InChI is InChI=1S/C21H18N2O2S/c1-13-18-15-10-6-7-11-16(15)25-21(13,2)22-20-23(18)19(24)17(26-20)12-14-8-4-3-5-9-14/h3-13,18H,1-2H3. The van der Waals surface area contributed by atoms with Crippen molar-refractivity contribution in [3.8, 4) is 5.75 Å². The van der Waals surface area contributed by atoms with Crippen LogP contribution in [0.5, 0.6) is 5.75 Å². The van der Waals surface area contributed by atoms with Gasteiger partial charge in [0.25, 0.3) is 5.56 Å². The van der Waals surface area contributed by atoms with Gasteiger partial charge in [0.05, 0.1) is 10.6 Å². The van der Waals surface area contributed by atoms with Crippen LogP contribution in [0.2, 0.25) is 0 Å². The second kappa shape index (κ2) is 5.42. The van der Waals surface area contributed by atoms with Crippen molar-refractivity contribution in [2.75, 3.05) is 0 Å². The number of nitrogens with zero attached hydrogens (tertiary/aromatic N) is 2. The topological polar surface area (TPSA) is 43.6 Å². The van der Waals surface area contributed by atoms with Gasteiger partial charge in [-0.15, -0.1) is 0 Å². The second-order valence-corrected chi connectivity index (χ2v) is 8.03. The quantitative estimate of drug-likeness (QED) is 0.668. The molecule has 2 aliphatic heterocycles. The van der Waals surface area contributed by atoms with E-state index in [0.29, 0.717) is 4.53 Å². The first-order valence-electron chi connectivity index (χ1n) is 8.73. The molecule has 0 N–H and O–H groups in total. The Kier molecular flexibility index (Phi) is 3.25. The molecule has 2 bridgehead atoms. The number of hydrogen-bond donors (Lipinski definition) is 0. The van der Waals surface area contributed by atoms with Crippen molar-refractivity contribution in [3.05, 3.63) is 85.4 Å². The van der Waals surface area contributed by atoms with Gasteiger partial charge >= 0.3 is 0 Å². The molecule has 0 amide bonds. The lowest BCUT2D eigenvalue weighted by Crippen LogP contribution is -2.54. The van der Waals surface area contributed by atoms with E-state index in [4.69, 9.17) is 9.73 Å². The molecule has 0 spiro atoms. The minimum atomic E-state index is -0.652. The minimum Gasteiger partial charge on any atom is -0.466 e. The Morgan fingerprint density at radius 3 is 2.69 bits per heavy atom. The van der Waals surface area contributed by atoms with Crippen LogP contribution in [0, 0.1) is 5.92 Å². The number of para-hydroxylation sites is 1. The van der Waals surface area contributed by atoms with Crippen LogP contribution < -0.4 is 19.6 Å². The average Bonchev–Trinajstić information content (AvgIpc) is 2.91. The molecule has 3 aromatic rings. The molecule has 0 saturated carbocycles. The molecule has 5 heteroatoms. The Morgan fingerprint density at radius 1 is 1.15 bits per heavy atom. The summed E-state index contributed by atoms with van der Waals surface area (Å²) in [7, 11) is 0. The van der Waals surface area contributed by atoms with E-state index in [-0.39, 0.29) is 17.5 Å². The fourth-order valence-corrected chi connectivity index (χ4v) is 4.98. The molecule has 0 radical (unpaired) electrons. The van der Waals surface area contributed by atoms with Gasteiger partial charge in [-0.1, -0.05) is 66.8 Å². The minimum absolute atomic E-state index is 0.0215. The van der Waals surface area contributed by atoms with E-state index in [9.17, 15) is 4.79 Å². The van der Waals surface area contributed by atoms with Gasteiger partial charge in [0, 0.05) is 11.5 Å². The molecule has 130 valence electrons. The summed E-state index contributed by atoms with van der Waals surface area (Å²) in [6.07, 6.45) is 1.94. The first-order valence-corrected chi connectivity index (χ1v) is 9.54. The van der Waals surface area contributed by atoms with Gasteiger partial charge < -0.3 is 4.74 Å². The van der Waals surface area contributed by atoms with E-state index in [0.717, 1.165) is 21.7 Å². The zero-order chi connectivity index (χ0) is 17.9. The highest BCUT2D eigenvalue weighted by atomic mass is 32.1. The van der Waals surface area contributed by atoms with Gasteiger partial charge in [0.1, 0.15) is 5.75 Å². The second-order valence-electron chi connectivity index (χ2n) is 7.02. The number of thiazole rings is 1. The maximum Gasteiger partial charge on any atom is 0.270 e. The Balaban J connectivity index is 1.80. The highest BCUT2D eigenvalue weighted by Crippen LogP contribution is 2.46. The molecular weight excluding hydrogens is 344 g/mol. The fourth-order valence-electron chi connectivity index (χ4n) is 3.88. The van der Waals surface area contributed by atoms with Crippen LogP contribution in [0.3, 0.4) is 0 Å². The summed E-state index contributed by atoms with van der Waals surface area (Å²) in [4.78, 5) is 18.8. The molecule has 2 aromatic carbocycles.